The maximum absolute atomic E-state index is 11.5. The number of hydrogen-bond donors (Lipinski definition) is 2. The first kappa shape index (κ1) is 32.2. The molecule has 1 aliphatic heterocycles. The van der Waals surface area contributed by atoms with Gasteiger partial charge in [-0.2, -0.15) is 0 Å². The van der Waals surface area contributed by atoms with Crippen LogP contribution < -0.4 is 0 Å². The van der Waals surface area contributed by atoms with Crippen LogP contribution in [0.1, 0.15) is 92.0 Å². The topological polar surface area (TPSA) is 65.2 Å². The van der Waals surface area contributed by atoms with E-state index in [1.165, 1.54) is 62.5 Å². The van der Waals surface area contributed by atoms with Gasteiger partial charge in [0, 0.05) is 29.1 Å². The molecule has 1 aliphatic rings. The molecule has 0 unspecified atom stereocenters. The molecule has 0 aromatic heterocycles. The van der Waals surface area contributed by atoms with E-state index in [0.29, 0.717) is 16.9 Å². The molecular weight excluding hydrogens is 576 g/mol. The summed E-state index contributed by atoms with van der Waals surface area (Å²) in [5.41, 5.74) is 7.94. The van der Waals surface area contributed by atoms with Gasteiger partial charge in [0.1, 0.15) is 11.5 Å². The first-order valence-corrected chi connectivity index (χ1v) is 17.4. The summed E-state index contributed by atoms with van der Waals surface area (Å²) < 4.78 is 0. The van der Waals surface area contributed by atoms with Crippen LogP contribution in [0.5, 0.6) is 11.5 Å². The normalized spacial score (nSPS) is 15.2. The van der Waals surface area contributed by atoms with Crippen LogP contribution in [-0.4, -0.2) is 22.6 Å². The van der Waals surface area contributed by atoms with E-state index in [1.807, 2.05) is 61.5 Å². The van der Waals surface area contributed by atoms with Gasteiger partial charge in [0.05, 0.1) is 11.4 Å². The molecule has 0 atom stereocenters. The summed E-state index contributed by atoms with van der Waals surface area (Å²) in [5.74, 6) is 0.494. The summed E-state index contributed by atoms with van der Waals surface area (Å²) in [4.78, 5) is 9.85. The molecule has 0 saturated heterocycles. The summed E-state index contributed by atoms with van der Waals surface area (Å²) in [7, 11) is 0. The highest BCUT2D eigenvalue weighted by molar-refractivity contribution is 5.96. The second kappa shape index (κ2) is 15.7. The molecule has 0 radical (unpaired) electrons. The third-order valence-electron chi connectivity index (χ3n) is 9.38. The van der Waals surface area contributed by atoms with Crippen LogP contribution in [0.2, 0.25) is 0 Å². The molecule has 4 bridgehead atoms. The number of nitrogens with zero attached hydrogens (tertiary/aromatic N) is 2. The van der Waals surface area contributed by atoms with Crippen LogP contribution in [0.15, 0.2) is 101 Å². The summed E-state index contributed by atoms with van der Waals surface area (Å²) in [5, 5.41) is 24.6. The minimum atomic E-state index is 0.230. The van der Waals surface area contributed by atoms with Gasteiger partial charge in [0.25, 0.3) is 0 Å². The average Bonchev–Trinajstić information content (AvgIpc) is 3.09. The molecule has 1 heterocycles. The lowest BCUT2D eigenvalue weighted by molar-refractivity contribution is 0.470. The molecule has 5 aromatic rings. The Labute approximate surface area is 279 Å². The zero-order chi connectivity index (χ0) is 32.4. The summed E-state index contributed by atoms with van der Waals surface area (Å²) >= 11 is 0. The van der Waals surface area contributed by atoms with Gasteiger partial charge in [0.15, 0.2) is 0 Å². The maximum Gasteiger partial charge on any atom is 0.132 e. The van der Waals surface area contributed by atoms with Crippen molar-refractivity contribution in [2.45, 2.75) is 84.0 Å². The Morgan fingerprint density at radius 1 is 0.489 bits per heavy atom. The van der Waals surface area contributed by atoms with Gasteiger partial charge in [0.2, 0.25) is 0 Å². The molecule has 0 fully saturated rings. The number of hydrogen-bond acceptors (Lipinski definition) is 4. The molecule has 6 rings (SSSR count). The van der Waals surface area contributed by atoms with Crippen LogP contribution in [0.4, 0.5) is 11.4 Å². The Kier molecular flexibility index (Phi) is 10.8. The summed E-state index contributed by atoms with van der Waals surface area (Å²) in [6.45, 7) is 1.96. The van der Waals surface area contributed by atoms with Gasteiger partial charge < -0.3 is 10.2 Å². The van der Waals surface area contributed by atoms with E-state index in [1.54, 1.807) is 12.4 Å². The van der Waals surface area contributed by atoms with Crippen molar-refractivity contribution in [2.24, 2.45) is 9.98 Å². The van der Waals surface area contributed by atoms with Gasteiger partial charge in [-0.1, -0.05) is 112 Å². The van der Waals surface area contributed by atoms with E-state index in [0.717, 1.165) is 58.7 Å². The second-order valence-corrected chi connectivity index (χ2v) is 13.0. The first-order valence-electron chi connectivity index (χ1n) is 17.4. The number of fused-ring (bicyclic) bond motifs is 6. The van der Waals surface area contributed by atoms with Crippen molar-refractivity contribution in [2.75, 3.05) is 0 Å². The number of benzene rings is 5. The molecule has 0 saturated carbocycles. The van der Waals surface area contributed by atoms with E-state index in [9.17, 15) is 10.2 Å². The SMILES string of the molecule is Cc1cc2cc(c1O)C=Nc1cc3ccccc3cc1N=Cc1cc(cc(-c3ccccc3)c1O)CCCCCCCCCCCC2. The lowest BCUT2D eigenvalue weighted by atomic mass is 9.95. The number of phenols is 2. The van der Waals surface area contributed by atoms with E-state index < -0.39 is 0 Å². The average molecular weight is 623 g/mol. The molecule has 47 heavy (non-hydrogen) atoms. The highest BCUT2D eigenvalue weighted by Gasteiger charge is 2.13. The minimum Gasteiger partial charge on any atom is -0.507 e. The molecular formula is C43H46N2O2. The van der Waals surface area contributed by atoms with E-state index in [2.05, 4.69) is 36.4 Å². The first-order chi connectivity index (χ1) is 23.0. The van der Waals surface area contributed by atoms with Crippen LogP contribution in [0.3, 0.4) is 0 Å². The van der Waals surface area contributed by atoms with Crippen LogP contribution in [-0.2, 0) is 12.8 Å². The van der Waals surface area contributed by atoms with Gasteiger partial charge in [-0.3, -0.25) is 9.98 Å². The molecule has 240 valence electrons. The number of aliphatic imine (C=N–C) groups is 2. The van der Waals surface area contributed by atoms with E-state index in [4.69, 9.17) is 9.98 Å². The van der Waals surface area contributed by atoms with Gasteiger partial charge in [-0.25, -0.2) is 0 Å². The maximum atomic E-state index is 11.5. The predicted molar refractivity (Wildman–Crippen MR) is 198 cm³/mol. The molecule has 4 nitrogen and oxygen atoms in total. The highest BCUT2D eigenvalue weighted by atomic mass is 16.3. The van der Waals surface area contributed by atoms with Crippen molar-refractivity contribution in [3.05, 3.63) is 119 Å². The van der Waals surface area contributed by atoms with E-state index in [-0.39, 0.29) is 11.5 Å². The van der Waals surface area contributed by atoms with Crippen molar-refractivity contribution in [1.82, 2.24) is 0 Å². The lowest BCUT2D eigenvalue weighted by Crippen LogP contribution is -1.94. The summed E-state index contributed by atoms with van der Waals surface area (Å²) in [6, 6.07) is 30.8. The zero-order valence-corrected chi connectivity index (χ0v) is 27.6. The van der Waals surface area contributed by atoms with Crippen molar-refractivity contribution >= 4 is 34.6 Å². The van der Waals surface area contributed by atoms with Gasteiger partial charge >= 0.3 is 0 Å². The quantitative estimate of drug-likeness (QED) is 0.195. The fourth-order valence-electron chi connectivity index (χ4n) is 6.70. The Morgan fingerprint density at radius 2 is 0.957 bits per heavy atom. The van der Waals surface area contributed by atoms with Crippen molar-refractivity contribution in [3.63, 3.8) is 0 Å². The van der Waals surface area contributed by atoms with Gasteiger partial charge in [-0.15, -0.1) is 0 Å². The molecule has 4 heteroatoms. The largest absolute Gasteiger partial charge is 0.507 e. The Morgan fingerprint density at radius 3 is 1.51 bits per heavy atom. The van der Waals surface area contributed by atoms with Crippen LogP contribution >= 0.6 is 0 Å². The van der Waals surface area contributed by atoms with E-state index >= 15 is 0 Å². The second-order valence-electron chi connectivity index (χ2n) is 13.0. The Balaban J connectivity index is 1.41. The molecule has 0 spiro atoms. The third-order valence-corrected chi connectivity index (χ3v) is 9.38. The van der Waals surface area contributed by atoms with Crippen molar-refractivity contribution < 1.29 is 10.2 Å². The van der Waals surface area contributed by atoms with Crippen molar-refractivity contribution in [3.8, 4) is 22.6 Å². The summed E-state index contributed by atoms with van der Waals surface area (Å²) in [6.07, 6.45) is 18.0. The zero-order valence-electron chi connectivity index (χ0n) is 27.6. The van der Waals surface area contributed by atoms with Crippen LogP contribution in [0.25, 0.3) is 21.9 Å². The molecule has 0 aliphatic carbocycles. The highest BCUT2D eigenvalue weighted by Crippen LogP contribution is 2.37. The number of rotatable bonds is 1. The lowest BCUT2D eigenvalue weighted by Gasteiger charge is -2.12. The minimum absolute atomic E-state index is 0.230. The number of aryl methyl sites for hydroxylation is 3. The molecule has 5 aromatic carbocycles. The third kappa shape index (κ3) is 8.37. The van der Waals surface area contributed by atoms with Crippen molar-refractivity contribution in [1.29, 1.82) is 0 Å². The smallest absolute Gasteiger partial charge is 0.132 e. The Hall–Kier alpha value is -4.70. The van der Waals surface area contributed by atoms with Crippen LogP contribution in [0, 0.1) is 6.92 Å². The molecule has 0 amide bonds. The fraction of sp³-hybridized carbons (Fsp3) is 0.302. The number of phenolic OH excluding ortho intramolecular Hbond substituents is 2. The molecule has 2 N–H and O–H groups in total. The fourth-order valence-corrected chi connectivity index (χ4v) is 6.70. The predicted octanol–water partition coefficient (Wildman–Crippen LogP) is 11.7. The standard InChI is InChI=1S/C43H46N2O2/c1-31-23-32-17-11-8-6-4-2-3-5-7-9-12-18-33-25-38(43(47)39(26-33)34-19-13-10-14-20-34)30-45-41-28-36-22-16-15-21-35(36)27-40(41)44-29-37(24-32)42(31)46/h10,13-16,19-30,46-47H,2-9,11-12,17-18H2,1H3. The van der Waals surface area contributed by atoms with Gasteiger partial charge in [-0.05, 0) is 96.0 Å². The Bertz CT molecular complexity index is 1870. The monoisotopic (exact) mass is 622 g/mol. The number of aromatic hydroxyl groups is 2.